The van der Waals surface area contributed by atoms with Gasteiger partial charge in [0.25, 0.3) is 10.1 Å². The van der Waals surface area contributed by atoms with Crippen LogP contribution in [-0.2, 0) is 10.1 Å². The van der Waals surface area contributed by atoms with Crippen molar-refractivity contribution in [1.82, 2.24) is 0 Å². The average Bonchev–Trinajstić information content (AvgIpc) is 2.15. The lowest BCUT2D eigenvalue weighted by atomic mass is 10.2. The Bertz CT molecular complexity index is 580. The quantitative estimate of drug-likeness (QED) is 0.683. The zero-order valence-electron chi connectivity index (χ0n) is 8.43. The molecule has 0 spiro atoms. The molecule has 0 aliphatic heterocycles. The largest absolute Gasteiger partial charge is 0.512 e. The van der Waals surface area contributed by atoms with E-state index in [9.17, 15) is 13.5 Å². The van der Waals surface area contributed by atoms with Crippen LogP contribution in [0.2, 0.25) is 0 Å². The highest BCUT2D eigenvalue weighted by Crippen LogP contribution is 2.00. The van der Waals surface area contributed by atoms with Crippen LogP contribution in [0.4, 0.5) is 0 Å². The van der Waals surface area contributed by atoms with Gasteiger partial charge in [-0.2, -0.15) is 8.42 Å². The first kappa shape index (κ1) is 11.7. The van der Waals surface area contributed by atoms with Gasteiger partial charge in [0.05, 0.1) is 5.76 Å². The minimum absolute atomic E-state index is 0.141. The molecule has 0 aliphatic rings. The third-order valence-electron chi connectivity index (χ3n) is 2.01. The van der Waals surface area contributed by atoms with Crippen LogP contribution in [0.25, 0.3) is 11.8 Å². The smallest absolute Gasteiger partial charge is 0.295 e. The molecule has 0 bridgehead atoms. The lowest BCUT2D eigenvalue weighted by Crippen LogP contribution is -2.31. The SMILES string of the molecule is C/C=c1/cccc(S(=O)(=O)O)/c1=C(/C)O. The molecule has 1 aromatic rings. The van der Waals surface area contributed by atoms with Crippen LogP contribution >= 0.6 is 0 Å². The summed E-state index contributed by atoms with van der Waals surface area (Å²) in [5, 5.41) is 10.1. The first-order chi connectivity index (χ1) is 6.88. The van der Waals surface area contributed by atoms with E-state index in [-0.39, 0.29) is 15.9 Å². The first-order valence-corrected chi connectivity index (χ1v) is 5.74. The number of aliphatic hydroxyl groups is 1. The second kappa shape index (κ2) is 4.04. The fourth-order valence-electron chi connectivity index (χ4n) is 1.39. The molecule has 0 radical (unpaired) electrons. The van der Waals surface area contributed by atoms with Gasteiger partial charge < -0.3 is 5.11 Å². The second-order valence-electron chi connectivity index (χ2n) is 3.07. The molecule has 0 unspecified atom stereocenters. The van der Waals surface area contributed by atoms with Crippen LogP contribution in [0.15, 0.2) is 23.1 Å². The Morgan fingerprint density at radius 1 is 1.40 bits per heavy atom. The summed E-state index contributed by atoms with van der Waals surface area (Å²) < 4.78 is 31.1. The molecule has 0 aliphatic carbocycles. The van der Waals surface area contributed by atoms with E-state index in [0.29, 0.717) is 5.22 Å². The molecule has 1 rings (SSSR count). The molecule has 0 saturated heterocycles. The highest BCUT2D eigenvalue weighted by molar-refractivity contribution is 7.85. The zero-order chi connectivity index (χ0) is 11.6. The fraction of sp³-hybridized carbons (Fsp3) is 0.200. The van der Waals surface area contributed by atoms with Crippen LogP contribution in [-0.4, -0.2) is 18.1 Å². The van der Waals surface area contributed by atoms with E-state index in [4.69, 9.17) is 4.55 Å². The Morgan fingerprint density at radius 2 is 2.00 bits per heavy atom. The minimum atomic E-state index is -4.31. The number of hydrogen-bond acceptors (Lipinski definition) is 3. The van der Waals surface area contributed by atoms with Crippen molar-refractivity contribution in [3.8, 4) is 0 Å². The van der Waals surface area contributed by atoms with Crippen LogP contribution in [0, 0.1) is 0 Å². The number of aliphatic hydroxyl groups excluding tert-OH is 1. The van der Waals surface area contributed by atoms with E-state index >= 15 is 0 Å². The lowest BCUT2D eigenvalue weighted by molar-refractivity contribution is 0.476. The van der Waals surface area contributed by atoms with Gasteiger partial charge >= 0.3 is 0 Å². The van der Waals surface area contributed by atoms with Gasteiger partial charge in [0.15, 0.2) is 0 Å². The van der Waals surface area contributed by atoms with Crippen molar-refractivity contribution in [2.24, 2.45) is 0 Å². The maximum Gasteiger partial charge on any atom is 0.295 e. The molecular formula is C10H12O4S. The van der Waals surface area contributed by atoms with Crippen molar-refractivity contribution in [3.05, 3.63) is 28.6 Å². The van der Waals surface area contributed by atoms with E-state index < -0.39 is 10.1 Å². The minimum Gasteiger partial charge on any atom is -0.512 e. The van der Waals surface area contributed by atoms with E-state index in [0.717, 1.165) is 0 Å². The van der Waals surface area contributed by atoms with Gasteiger partial charge in [-0.25, -0.2) is 0 Å². The fourth-order valence-corrected chi connectivity index (χ4v) is 2.16. The van der Waals surface area contributed by atoms with Crippen molar-refractivity contribution in [2.45, 2.75) is 18.7 Å². The molecule has 1 aromatic carbocycles. The Kier molecular flexibility index (Phi) is 3.16. The van der Waals surface area contributed by atoms with Gasteiger partial charge in [0, 0.05) is 5.22 Å². The first-order valence-electron chi connectivity index (χ1n) is 4.30. The van der Waals surface area contributed by atoms with Gasteiger partial charge in [-0.15, -0.1) is 0 Å². The number of rotatable bonds is 1. The average molecular weight is 228 g/mol. The van der Waals surface area contributed by atoms with Crippen LogP contribution < -0.4 is 10.4 Å². The molecule has 0 saturated carbocycles. The van der Waals surface area contributed by atoms with E-state index in [1.807, 2.05) is 0 Å². The monoisotopic (exact) mass is 228 g/mol. The topological polar surface area (TPSA) is 74.6 Å². The Morgan fingerprint density at radius 3 is 2.40 bits per heavy atom. The predicted molar refractivity (Wildman–Crippen MR) is 57.4 cm³/mol. The zero-order valence-corrected chi connectivity index (χ0v) is 9.25. The molecule has 0 amide bonds. The summed E-state index contributed by atoms with van der Waals surface area (Å²) >= 11 is 0. The molecule has 0 fully saturated rings. The van der Waals surface area contributed by atoms with Gasteiger partial charge in [-0.3, -0.25) is 4.55 Å². The molecular weight excluding hydrogens is 216 g/mol. The molecule has 82 valence electrons. The van der Waals surface area contributed by atoms with Gasteiger partial charge in [-0.1, -0.05) is 18.2 Å². The Hall–Kier alpha value is -1.33. The van der Waals surface area contributed by atoms with Gasteiger partial charge in [0.1, 0.15) is 4.90 Å². The van der Waals surface area contributed by atoms with Crippen molar-refractivity contribution < 1.29 is 18.1 Å². The van der Waals surface area contributed by atoms with Crippen molar-refractivity contribution in [3.63, 3.8) is 0 Å². The molecule has 0 atom stereocenters. The molecule has 2 N–H and O–H groups in total. The molecule has 0 aromatic heterocycles. The van der Waals surface area contributed by atoms with Crippen LogP contribution in [0.1, 0.15) is 13.8 Å². The second-order valence-corrected chi connectivity index (χ2v) is 4.46. The molecule has 15 heavy (non-hydrogen) atoms. The summed E-state index contributed by atoms with van der Waals surface area (Å²) in [5.41, 5.74) is 0. The molecule has 4 nitrogen and oxygen atoms in total. The van der Waals surface area contributed by atoms with Crippen molar-refractivity contribution in [2.75, 3.05) is 0 Å². The summed E-state index contributed by atoms with van der Waals surface area (Å²) in [7, 11) is -4.31. The van der Waals surface area contributed by atoms with Gasteiger partial charge in [0.2, 0.25) is 0 Å². The number of hydrogen-bond donors (Lipinski definition) is 2. The summed E-state index contributed by atoms with van der Waals surface area (Å²) in [5.74, 6) is -0.142. The lowest BCUT2D eigenvalue weighted by Gasteiger charge is -2.00. The van der Waals surface area contributed by atoms with Gasteiger partial charge in [-0.05, 0) is 25.1 Å². The standard InChI is InChI=1S/C10H12O4S/c1-3-8-5-4-6-9(15(12,13)14)10(8)7(2)11/h3-6,11H,1-2H3,(H,12,13,14)/b8-3-,10-7-. The van der Waals surface area contributed by atoms with E-state index in [1.165, 1.54) is 19.1 Å². The van der Waals surface area contributed by atoms with E-state index in [1.54, 1.807) is 19.1 Å². The Labute approximate surface area is 87.9 Å². The van der Waals surface area contributed by atoms with Crippen molar-refractivity contribution in [1.29, 1.82) is 0 Å². The van der Waals surface area contributed by atoms with Crippen LogP contribution in [0.3, 0.4) is 0 Å². The van der Waals surface area contributed by atoms with E-state index in [2.05, 4.69) is 0 Å². The normalized spacial score (nSPS) is 15.3. The summed E-state index contributed by atoms with van der Waals surface area (Å²) in [6.45, 7) is 3.09. The summed E-state index contributed by atoms with van der Waals surface area (Å²) in [6, 6.07) is 4.41. The van der Waals surface area contributed by atoms with Crippen molar-refractivity contribution >= 4 is 22.0 Å². The Balaban J connectivity index is 3.97. The molecule has 5 heteroatoms. The molecule has 0 heterocycles. The highest BCUT2D eigenvalue weighted by atomic mass is 32.2. The van der Waals surface area contributed by atoms with Crippen LogP contribution in [0.5, 0.6) is 0 Å². The summed E-state index contributed by atoms with van der Waals surface area (Å²) in [4.78, 5) is -0.280. The third-order valence-corrected chi connectivity index (χ3v) is 2.91. The predicted octanol–water partition coefficient (Wildman–Crippen LogP) is 0.420. The highest BCUT2D eigenvalue weighted by Gasteiger charge is 2.12. The maximum atomic E-state index is 11.0. The summed E-state index contributed by atoms with van der Waals surface area (Å²) in [6.07, 6.45) is 1.66. The number of benzene rings is 1. The third kappa shape index (κ3) is 2.37. The maximum absolute atomic E-state index is 11.0.